The maximum absolute atomic E-state index is 12.3. The third-order valence-electron chi connectivity index (χ3n) is 4.33. The van der Waals surface area contributed by atoms with Crippen LogP contribution in [0.4, 0.5) is 5.95 Å². The summed E-state index contributed by atoms with van der Waals surface area (Å²) in [6.45, 7) is 1.06. The van der Waals surface area contributed by atoms with Gasteiger partial charge in [-0.05, 0) is 36.8 Å². The van der Waals surface area contributed by atoms with Gasteiger partial charge >= 0.3 is 0 Å². The fourth-order valence-corrected chi connectivity index (χ4v) is 2.91. The molecule has 0 saturated carbocycles. The Kier molecular flexibility index (Phi) is 5.07. The Labute approximate surface area is 157 Å². The van der Waals surface area contributed by atoms with Crippen LogP contribution in [0.3, 0.4) is 0 Å². The number of carbonyl (C=O) groups excluding carboxylic acids is 1. The summed E-state index contributed by atoms with van der Waals surface area (Å²) in [5.74, 6) is 1.45. The van der Waals surface area contributed by atoms with Crippen LogP contribution < -0.4 is 10.1 Å². The first-order valence-electron chi connectivity index (χ1n) is 8.83. The van der Waals surface area contributed by atoms with Gasteiger partial charge in [0.25, 0.3) is 0 Å². The van der Waals surface area contributed by atoms with Crippen molar-refractivity contribution in [2.45, 2.75) is 6.42 Å². The predicted molar refractivity (Wildman–Crippen MR) is 102 cm³/mol. The number of nitrogens with one attached hydrogen (secondary N) is 1. The molecule has 1 N–H and O–H groups in total. The molecule has 27 heavy (non-hydrogen) atoms. The summed E-state index contributed by atoms with van der Waals surface area (Å²) in [6.07, 6.45) is 2.35. The zero-order valence-electron chi connectivity index (χ0n) is 14.7. The Bertz CT molecular complexity index is 925. The molecular weight excluding hydrogens is 342 g/mol. The summed E-state index contributed by atoms with van der Waals surface area (Å²) >= 11 is 0. The SMILES string of the molecule is O=C(Nc1nccc(-c2ccccc2Oc2ccccc2)n1)C1CCOC1. The van der Waals surface area contributed by atoms with Crippen molar-refractivity contribution < 1.29 is 14.3 Å². The lowest BCUT2D eigenvalue weighted by atomic mass is 10.1. The molecule has 1 aliphatic rings. The van der Waals surface area contributed by atoms with Crippen LogP contribution in [0.1, 0.15) is 6.42 Å². The molecular formula is C21H19N3O3. The van der Waals surface area contributed by atoms with E-state index in [1.54, 1.807) is 12.3 Å². The zero-order valence-corrected chi connectivity index (χ0v) is 14.7. The maximum Gasteiger partial charge on any atom is 0.232 e. The van der Waals surface area contributed by atoms with Gasteiger partial charge in [0.15, 0.2) is 0 Å². The maximum atomic E-state index is 12.3. The highest BCUT2D eigenvalue weighted by Gasteiger charge is 2.24. The lowest BCUT2D eigenvalue weighted by molar-refractivity contribution is -0.119. The number of anilines is 1. The molecule has 2 aromatic carbocycles. The molecule has 1 fully saturated rings. The molecule has 1 aliphatic heterocycles. The molecule has 0 aliphatic carbocycles. The summed E-state index contributed by atoms with van der Waals surface area (Å²) in [5.41, 5.74) is 1.50. The van der Waals surface area contributed by atoms with E-state index in [9.17, 15) is 4.79 Å². The second-order valence-corrected chi connectivity index (χ2v) is 6.23. The van der Waals surface area contributed by atoms with Crippen LogP contribution >= 0.6 is 0 Å². The van der Waals surface area contributed by atoms with Crippen molar-refractivity contribution in [3.8, 4) is 22.8 Å². The van der Waals surface area contributed by atoms with E-state index < -0.39 is 0 Å². The third kappa shape index (κ3) is 4.12. The fourth-order valence-electron chi connectivity index (χ4n) is 2.91. The van der Waals surface area contributed by atoms with Crippen molar-refractivity contribution in [2.24, 2.45) is 5.92 Å². The first kappa shape index (κ1) is 17.2. The highest BCUT2D eigenvalue weighted by molar-refractivity contribution is 5.91. The molecule has 4 rings (SSSR count). The Hall–Kier alpha value is -3.25. The van der Waals surface area contributed by atoms with E-state index in [1.165, 1.54) is 0 Å². The van der Waals surface area contributed by atoms with Crippen molar-refractivity contribution in [1.29, 1.82) is 0 Å². The van der Waals surface area contributed by atoms with Gasteiger partial charge < -0.3 is 9.47 Å². The highest BCUT2D eigenvalue weighted by atomic mass is 16.5. The van der Waals surface area contributed by atoms with Gasteiger partial charge in [0.2, 0.25) is 11.9 Å². The molecule has 1 aromatic heterocycles. The minimum atomic E-state index is -0.147. The summed E-state index contributed by atoms with van der Waals surface area (Å²) in [5, 5.41) is 2.78. The standard InChI is InChI=1S/C21H19N3O3/c25-20(15-11-13-26-14-15)24-21-22-12-10-18(23-21)17-8-4-5-9-19(17)27-16-6-2-1-3-7-16/h1-10,12,15H,11,13-14H2,(H,22,23,24,25). The van der Waals surface area contributed by atoms with Gasteiger partial charge in [-0.25, -0.2) is 9.97 Å². The van der Waals surface area contributed by atoms with Crippen LogP contribution in [0.2, 0.25) is 0 Å². The molecule has 136 valence electrons. The number of rotatable bonds is 5. The minimum Gasteiger partial charge on any atom is -0.457 e. The highest BCUT2D eigenvalue weighted by Crippen LogP contribution is 2.32. The predicted octanol–water partition coefficient (Wildman–Crippen LogP) is 3.91. The second-order valence-electron chi connectivity index (χ2n) is 6.23. The van der Waals surface area contributed by atoms with Gasteiger partial charge in [-0.2, -0.15) is 0 Å². The molecule has 1 atom stereocenters. The van der Waals surface area contributed by atoms with Crippen LogP contribution in [-0.4, -0.2) is 29.1 Å². The molecule has 1 unspecified atom stereocenters. The minimum absolute atomic E-state index is 0.113. The monoisotopic (exact) mass is 361 g/mol. The van der Waals surface area contributed by atoms with E-state index in [2.05, 4.69) is 15.3 Å². The van der Waals surface area contributed by atoms with Gasteiger partial charge in [0.1, 0.15) is 11.5 Å². The van der Waals surface area contributed by atoms with Crippen molar-refractivity contribution in [1.82, 2.24) is 9.97 Å². The van der Waals surface area contributed by atoms with E-state index >= 15 is 0 Å². The summed E-state index contributed by atoms with van der Waals surface area (Å²) in [6, 6.07) is 19.0. The number of carbonyl (C=O) groups is 1. The molecule has 6 nitrogen and oxygen atoms in total. The van der Waals surface area contributed by atoms with E-state index in [0.29, 0.717) is 24.7 Å². The Morgan fingerprint density at radius 2 is 1.89 bits per heavy atom. The Balaban J connectivity index is 1.57. The Morgan fingerprint density at radius 3 is 2.70 bits per heavy atom. The molecule has 0 bridgehead atoms. The number of hydrogen-bond acceptors (Lipinski definition) is 5. The Morgan fingerprint density at radius 1 is 1.07 bits per heavy atom. The molecule has 0 spiro atoms. The molecule has 6 heteroatoms. The third-order valence-corrected chi connectivity index (χ3v) is 4.33. The van der Waals surface area contributed by atoms with E-state index in [0.717, 1.165) is 17.7 Å². The molecule has 1 amide bonds. The molecule has 0 radical (unpaired) electrons. The average Bonchev–Trinajstić information content (AvgIpc) is 3.25. The number of nitrogens with zero attached hydrogens (tertiary/aromatic N) is 2. The van der Waals surface area contributed by atoms with Crippen LogP contribution in [0.25, 0.3) is 11.3 Å². The number of ether oxygens (including phenoxy) is 2. The van der Waals surface area contributed by atoms with Crippen LogP contribution in [0.15, 0.2) is 66.9 Å². The van der Waals surface area contributed by atoms with Crippen molar-refractivity contribution >= 4 is 11.9 Å². The van der Waals surface area contributed by atoms with Gasteiger partial charge in [0, 0.05) is 18.4 Å². The van der Waals surface area contributed by atoms with Gasteiger partial charge in [-0.15, -0.1) is 0 Å². The number of benzene rings is 2. The van der Waals surface area contributed by atoms with E-state index in [1.807, 2.05) is 54.6 Å². The van der Waals surface area contributed by atoms with Crippen LogP contribution in [0, 0.1) is 5.92 Å². The summed E-state index contributed by atoms with van der Waals surface area (Å²) in [4.78, 5) is 20.9. The number of para-hydroxylation sites is 2. The van der Waals surface area contributed by atoms with E-state index in [4.69, 9.17) is 9.47 Å². The van der Waals surface area contributed by atoms with Gasteiger partial charge in [0.05, 0.1) is 18.2 Å². The average molecular weight is 361 g/mol. The number of amides is 1. The molecule has 3 aromatic rings. The van der Waals surface area contributed by atoms with Crippen molar-refractivity contribution in [2.75, 3.05) is 18.5 Å². The quantitative estimate of drug-likeness (QED) is 0.746. The van der Waals surface area contributed by atoms with Gasteiger partial charge in [-0.3, -0.25) is 10.1 Å². The van der Waals surface area contributed by atoms with Gasteiger partial charge in [-0.1, -0.05) is 30.3 Å². The van der Waals surface area contributed by atoms with Crippen molar-refractivity contribution in [3.63, 3.8) is 0 Å². The number of aromatic nitrogens is 2. The van der Waals surface area contributed by atoms with Crippen molar-refractivity contribution in [3.05, 3.63) is 66.9 Å². The zero-order chi connectivity index (χ0) is 18.5. The van der Waals surface area contributed by atoms with E-state index in [-0.39, 0.29) is 17.8 Å². The fraction of sp³-hybridized carbons (Fsp3) is 0.190. The first-order chi connectivity index (χ1) is 13.3. The van der Waals surface area contributed by atoms with Crippen LogP contribution in [-0.2, 0) is 9.53 Å². The smallest absolute Gasteiger partial charge is 0.232 e. The summed E-state index contributed by atoms with van der Waals surface area (Å²) in [7, 11) is 0. The lowest BCUT2D eigenvalue weighted by Gasteiger charge is -2.12. The van der Waals surface area contributed by atoms with Crippen LogP contribution in [0.5, 0.6) is 11.5 Å². The second kappa shape index (κ2) is 7.97. The molecule has 1 saturated heterocycles. The lowest BCUT2D eigenvalue weighted by Crippen LogP contribution is -2.24. The topological polar surface area (TPSA) is 73.3 Å². The normalized spacial score (nSPS) is 16.1. The largest absolute Gasteiger partial charge is 0.457 e. The molecule has 2 heterocycles. The number of hydrogen-bond donors (Lipinski definition) is 1. The summed E-state index contributed by atoms with van der Waals surface area (Å²) < 4.78 is 11.3. The first-order valence-corrected chi connectivity index (χ1v) is 8.83.